The van der Waals surface area contributed by atoms with Crippen LogP contribution in [0.5, 0.6) is 0 Å². The molecule has 6 nitrogen and oxygen atoms in total. The van der Waals surface area contributed by atoms with Crippen molar-refractivity contribution in [2.45, 2.75) is 31.8 Å². The number of hydrogen-bond acceptors (Lipinski definition) is 3. The van der Waals surface area contributed by atoms with Gasteiger partial charge in [-0.3, -0.25) is 9.69 Å². The summed E-state index contributed by atoms with van der Waals surface area (Å²) < 4.78 is 0. The van der Waals surface area contributed by atoms with Crippen LogP contribution in [0.3, 0.4) is 0 Å². The molecule has 1 fully saturated rings. The van der Waals surface area contributed by atoms with Crippen molar-refractivity contribution in [2.75, 3.05) is 19.6 Å². The number of carboxylic acids is 1. The Morgan fingerprint density at radius 3 is 2.62 bits per heavy atom. The molecule has 1 aromatic rings. The van der Waals surface area contributed by atoms with Crippen LogP contribution in [0.2, 0.25) is 0 Å². The average Bonchev–Trinajstić information content (AvgIpc) is 2.53. The van der Waals surface area contributed by atoms with Gasteiger partial charge in [-0.2, -0.15) is 0 Å². The third-order valence-electron chi connectivity index (χ3n) is 4.05. The van der Waals surface area contributed by atoms with Crippen LogP contribution in [0.25, 0.3) is 0 Å². The number of hydrogen-bond donors (Lipinski definition) is 3. The zero-order chi connectivity index (χ0) is 17.4. The van der Waals surface area contributed by atoms with E-state index in [1.165, 1.54) is 0 Å². The van der Waals surface area contributed by atoms with Gasteiger partial charge in [0.15, 0.2) is 0 Å². The van der Waals surface area contributed by atoms with E-state index >= 15 is 0 Å². The molecule has 0 aliphatic heterocycles. The zero-order valence-electron chi connectivity index (χ0n) is 13.8. The molecule has 1 aromatic carbocycles. The summed E-state index contributed by atoms with van der Waals surface area (Å²) in [5.74, 6) is 5.06. The van der Waals surface area contributed by atoms with E-state index < -0.39 is 5.97 Å². The van der Waals surface area contributed by atoms with E-state index in [4.69, 9.17) is 5.11 Å². The summed E-state index contributed by atoms with van der Waals surface area (Å²) in [4.78, 5) is 24.5. The number of nitrogens with one attached hydrogen (secondary N) is 2. The number of carbonyl (C=O) groups excluding carboxylic acids is 1. The van der Waals surface area contributed by atoms with E-state index in [1.54, 1.807) is 0 Å². The highest BCUT2D eigenvalue weighted by atomic mass is 16.4. The highest BCUT2D eigenvalue weighted by Gasteiger charge is 2.34. The van der Waals surface area contributed by atoms with Crippen molar-refractivity contribution in [3.63, 3.8) is 0 Å². The van der Waals surface area contributed by atoms with Gasteiger partial charge in [-0.25, -0.2) is 4.79 Å². The summed E-state index contributed by atoms with van der Waals surface area (Å²) in [5.41, 5.74) is 0.916. The number of urea groups is 1. The van der Waals surface area contributed by atoms with Gasteiger partial charge in [-0.1, -0.05) is 37.0 Å². The van der Waals surface area contributed by atoms with E-state index in [-0.39, 0.29) is 31.2 Å². The Hall–Kier alpha value is -2.52. The maximum absolute atomic E-state index is 11.8. The maximum Gasteiger partial charge on any atom is 0.317 e. The van der Waals surface area contributed by atoms with Crippen LogP contribution in [0.15, 0.2) is 30.3 Å². The van der Waals surface area contributed by atoms with Gasteiger partial charge in [0.1, 0.15) is 0 Å². The molecule has 2 rings (SSSR count). The van der Waals surface area contributed by atoms with Crippen molar-refractivity contribution in [2.24, 2.45) is 0 Å². The topological polar surface area (TPSA) is 81.7 Å². The van der Waals surface area contributed by atoms with Crippen LogP contribution in [0.4, 0.5) is 4.79 Å². The van der Waals surface area contributed by atoms with Gasteiger partial charge in [0, 0.05) is 17.6 Å². The van der Waals surface area contributed by atoms with Crippen molar-refractivity contribution < 1.29 is 14.7 Å². The number of amides is 2. The summed E-state index contributed by atoms with van der Waals surface area (Å²) >= 11 is 0. The Morgan fingerprint density at radius 2 is 2.00 bits per heavy atom. The van der Waals surface area contributed by atoms with Crippen molar-refractivity contribution in [3.05, 3.63) is 35.9 Å². The van der Waals surface area contributed by atoms with Crippen molar-refractivity contribution in [3.8, 4) is 11.8 Å². The average molecular weight is 329 g/mol. The normalized spacial score (nSPS) is 18.9. The predicted molar refractivity (Wildman–Crippen MR) is 91.5 cm³/mol. The Kier molecular flexibility index (Phi) is 6.64. The van der Waals surface area contributed by atoms with Crippen molar-refractivity contribution in [1.29, 1.82) is 0 Å². The second kappa shape index (κ2) is 8.94. The van der Waals surface area contributed by atoms with Crippen LogP contribution in [0.1, 0.15) is 25.3 Å². The van der Waals surface area contributed by atoms with Crippen LogP contribution < -0.4 is 10.6 Å². The molecule has 0 atom stereocenters. The molecule has 1 aliphatic carbocycles. The van der Waals surface area contributed by atoms with Gasteiger partial charge >= 0.3 is 12.0 Å². The molecule has 1 aliphatic rings. The molecular formula is C18H23N3O3. The monoisotopic (exact) mass is 329 g/mol. The minimum Gasteiger partial charge on any atom is -0.480 e. The van der Waals surface area contributed by atoms with E-state index in [9.17, 15) is 9.59 Å². The Bertz CT molecular complexity index is 615. The minimum absolute atomic E-state index is 0.0508. The first-order valence-electron chi connectivity index (χ1n) is 8.12. The first-order valence-corrected chi connectivity index (χ1v) is 8.12. The molecule has 0 bridgehead atoms. The molecule has 1 saturated carbocycles. The lowest BCUT2D eigenvalue weighted by Crippen LogP contribution is -2.56. The lowest BCUT2D eigenvalue weighted by Gasteiger charge is -2.42. The highest BCUT2D eigenvalue weighted by Crippen LogP contribution is 2.25. The van der Waals surface area contributed by atoms with Gasteiger partial charge in [0.25, 0.3) is 0 Å². The van der Waals surface area contributed by atoms with Crippen LogP contribution in [-0.4, -0.2) is 53.7 Å². The molecule has 6 heteroatoms. The quantitative estimate of drug-likeness (QED) is 0.687. The Balaban J connectivity index is 1.64. The molecule has 0 heterocycles. The number of benzene rings is 1. The fourth-order valence-electron chi connectivity index (χ4n) is 2.71. The second-order valence-corrected chi connectivity index (χ2v) is 5.77. The van der Waals surface area contributed by atoms with Gasteiger partial charge in [0.2, 0.25) is 0 Å². The lowest BCUT2D eigenvalue weighted by atomic mass is 9.85. The van der Waals surface area contributed by atoms with Crippen LogP contribution in [-0.2, 0) is 4.79 Å². The molecule has 2 amide bonds. The number of nitrogens with zero attached hydrogens (tertiary/aromatic N) is 1. The van der Waals surface area contributed by atoms with Crippen molar-refractivity contribution >= 4 is 12.0 Å². The second-order valence-electron chi connectivity index (χ2n) is 5.77. The summed E-state index contributed by atoms with van der Waals surface area (Å²) in [7, 11) is 0. The number of likely N-dealkylation sites (N-methyl/N-ethyl adjacent to an activating group) is 1. The minimum atomic E-state index is -0.817. The van der Waals surface area contributed by atoms with E-state index in [2.05, 4.69) is 22.5 Å². The molecule has 3 N–H and O–H groups in total. The summed E-state index contributed by atoms with van der Waals surface area (Å²) in [6, 6.07) is 9.69. The smallest absolute Gasteiger partial charge is 0.317 e. The number of aliphatic carboxylic acids is 1. The SMILES string of the molecule is CCN(CC(=O)O)C1CC(NC(=O)NCC#Cc2ccccc2)C1. The van der Waals surface area contributed by atoms with E-state index in [0.717, 1.165) is 18.4 Å². The molecule has 0 spiro atoms. The summed E-state index contributed by atoms with van der Waals surface area (Å²) in [5, 5.41) is 14.5. The molecule has 0 aromatic heterocycles. The van der Waals surface area contributed by atoms with Gasteiger partial charge < -0.3 is 15.7 Å². The third kappa shape index (κ3) is 5.60. The van der Waals surface area contributed by atoms with Crippen LogP contribution >= 0.6 is 0 Å². The summed E-state index contributed by atoms with van der Waals surface area (Å²) in [6.07, 6.45) is 1.56. The lowest BCUT2D eigenvalue weighted by molar-refractivity contribution is -0.139. The highest BCUT2D eigenvalue weighted by molar-refractivity contribution is 5.74. The maximum atomic E-state index is 11.8. The number of carboxylic acid groups (broad SMARTS) is 1. The van der Waals surface area contributed by atoms with Gasteiger partial charge in [0.05, 0.1) is 13.1 Å². The molecule has 24 heavy (non-hydrogen) atoms. The Labute approximate surface area is 142 Å². The van der Waals surface area contributed by atoms with Crippen LogP contribution in [0, 0.1) is 11.8 Å². The largest absolute Gasteiger partial charge is 0.480 e. The predicted octanol–water partition coefficient (Wildman–Crippen LogP) is 1.27. The number of carbonyl (C=O) groups is 2. The van der Waals surface area contributed by atoms with Gasteiger partial charge in [-0.05, 0) is 31.5 Å². The number of rotatable bonds is 6. The fourth-order valence-corrected chi connectivity index (χ4v) is 2.71. The van der Waals surface area contributed by atoms with E-state index in [1.807, 2.05) is 42.2 Å². The standard InChI is InChI=1S/C18H23N3O3/c1-2-21(13-17(22)23)16-11-15(12-16)20-18(24)19-10-6-9-14-7-4-3-5-8-14/h3-5,7-8,15-16H,2,10-13H2,1H3,(H,22,23)(H2,19,20,24). The van der Waals surface area contributed by atoms with Gasteiger partial charge in [-0.15, -0.1) is 0 Å². The van der Waals surface area contributed by atoms with E-state index in [0.29, 0.717) is 6.54 Å². The first-order chi connectivity index (χ1) is 11.6. The first kappa shape index (κ1) is 17.8. The Morgan fingerprint density at radius 1 is 1.29 bits per heavy atom. The molecule has 0 radical (unpaired) electrons. The molecular weight excluding hydrogens is 306 g/mol. The molecule has 0 saturated heterocycles. The molecule has 128 valence electrons. The van der Waals surface area contributed by atoms with Crippen molar-refractivity contribution in [1.82, 2.24) is 15.5 Å². The fraction of sp³-hybridized carbons (Fsp3) is 0.444. The zero-order valence-corrected chi connectivity index (χ0v) is 13.8. The molecule has 0 unspecified atom stereocenters. The third-order valence-corrected chi connectivity index (χ3v) is 4.05. The summed E-state index contributed by atoms with van der Waals surface area (Å²) in [6.45, 7) is 2.99.